The summed E-state index contributed by atoms with van der Waals surface area (Å²) in [5, 5.41) is 4.07. The van der Waals surface area contributed by atoms with Crippen molar-refractivity contribution in [3.8, 4) is 0 Å². The van der Waals surface area contributed by atoms with Gasteiger partial charge in [-0.1, -0.05) is 19.1 Å². The molecule has 2 aromatic rings. The van der Waals surface area contributed by atoms with Gasteiger partial charge >= 0.3 is 0 Å². The van der Waals surface area contributed by atoms with Crippen LogP contribution in [0.1, 0.15) is 47.3 Å². The molecule has 0 saturated heterocycles. The van der Waals surface area contributed by atoms with Gasteiger partial charge in [0.15, 0.2) is 0 Å². The molecule has 0 unspecified atom stereocenters. The van der Waals surface area contributed by atoms with E-state index >= 15 is 0 Å². The van der Waals surface area contributed by atoms with Gasteiger partial charge in [-0.05, 0) is 54.0 Å². The third kappa shape index (κ3) is 2.26. The molecule has 0 fully saturated rings. The molecule has 2 atom stereocenters. The number of hydrogen-bond donors (Lipinski definition) is 1. The number of fused-ring (bicyclic) bond motifs is 3. The average molecular weight is 315 g/mol. The normalized spacial score (nSPS) is 23.6. The molecule has 1 amide bonds. The number of rotatable bonds is 1. The number of amides is 1. The van der Waals surface area contributed by atoms with Crippen LogP contribution in [0.3, 0.4) is 0 Å². The molecule has 4 rings (SSSR count). The van der Waals surface area contributed by atoms with E-state index < -0.39 is 0 Å². The summed E-state index contributed by atoms with van der Waals surface area (Å²) in [4.78, 5) is 13.5. The highest BCUT2D eigenvalue weighted by Crippen LogP contribution is 2.48. The Labute approximate surface area is 133 Å². The smallest absolute Gasteiger partial charge is 0.225 e. The predicted octanol–water partition coefficient (Wildman–Crippen LogP) is 4.49. The average Bonchev–Trinajstić information content (AvgIpc) is 2.84. The minimum absolute atomic E-state index is 0.0634. The van der Waals surface area contributed by atoms with Crippen molar-refractivity contribution in [3.05, 3.63) is 51.7 Å². The highest BCUT2D eigenvalue weighted by Gasteiger charge is 2.34. The zero-order valence-electron chi connectivity index (χ0n) is 12.5. The summed E-state index contributed by atoms with van der Waals surface area (Å²) in [6.07, 6.45) is 3.87. The van der Waals surface area contributed by atoms with E-state index in [0.29, 0.717) is 12.3 Å². The van der Waals surface area contributed by atoms with E-state index in [1.807, 2.05) is 12.1 Å². The molecule has 0 bridgehead atoms. The number of carbonyl (C=O) groups excluding carboxylic acids is 1. The van der Waals surface area contributed by atoms with E-state index in [1.54, 1.807) is 11.3 Å². The molecule has 2 nitrogen and oxygen atoms in total. The maximum Gasteiger partial charge on any atom is 0.225 e. The van der Waals surface area contributed by atoms with Crippen LogP contribution in [0.5, 0.6) is 0 Å². The first kappa shape index (κ1) is 13.9. The highest BCUT2D eigenvalue weighted by atomic mass is 32.1. The lowest BCUT2D eigenvalue weighted by molar-refractivity contribution is -0.116. The molecule has 0 saturated carbocycles. The summed E-state index contributed by atoms with van der Waals surface area (Å²) in [6, 6.07) is 6.61. The number of carbonyl (C=O) groups is 1. The minimum atomic E-state index is -0.231. The third-order valence-electron chi connectivity index (χ3n) is 4.82. The topological polar surface area (TPSA) is 29.1 Å². The molecule has 1 N–H and O–H groups in total. The van der Waals surface area contributed by atoms with Gasteiger partial charge in [-0.3, -0.25) is 4.79 Å². The fraction of sp³-hybridized carbons (Fsp3) is 0.389. The molecule has 0 spiro atoms. The van der Waals surface area contributed by atoms with Crippen molar-refractivity contribution in [1.82, 2.24) is 0 Å². The number of thiophene rings is 1. The third-order valence-corrected chi connectivity index (χ3v) is 6.00. The summed E-state index contributed by atoms with van der Waals surface area (Å²) in [5.74, 6) is 0.615. The van der Waals surface area contributed by atoms with E-state index in [4.69, 9.17) is 0 Å². The van der Waals surface area contributed by atoms with Crippen molar-refractivity contribution >= 4 is 22.2 Å². The molecule has 0 radical (unpaired) electrons. The standard InChI is InChI=1S/C18H18FNOS/c1-10-2-7-13-15(8-10)22-18-17(13)14(9-16(21)20-18)11-3-5-12(19)6-4-11/h3-6,10,14H,2,7-9H2,1H3,(H,20,21)/t10-,14-/m1/s1. The maximum absolute atomic E-state index is 13.2. The summed E-state index contributed by atoms with van der Waals surface area (Å²) in [6.45, 7) is 2.29. The number of nitrogens with one attached hydrogen (secondary N) is 1. The van der Waals surface area contributed by atoms with E-state index in [9.17, 15) is 9.18 Å². The molecular weight excluding hydrogens is 297 g/mol. The summed E-state index contributed by atoms with van der Waals surface area (Å²) in [7, 11) is 0. The molecule has 1 aromatic carbocycles. The van der Waals surface area contributed by atoms with Gasteiger partial charge in [-0.2, -0.15) is 0 Å². The van der Waals surface area contributed by atoms with Crippen LogP contribution >= 0.6 is 11.3 Å². The number of benzene rings is 1. The Kier molecular flexibility index (Phi) is 3.30. The van der Waals surface area contributed by atoms with Crippen LogP contribution in [0, 0.1) is 11.7 Å². The van der Waals surface area contributed by atoms with E-state index in [0.717, 1.165) is 23.4 Å². The summed E-state index contributed by atoms with van der Waals surface area (Å²) < 4.78 is 13.2. The van der Waals surface area contributed by atoms with Crippen molar-refractivity contribution in [2.45, 2.75) is 38.5 Å². The van der Waals surface area contributed by atoms with Crippen LogP contribution in [0.2, 0.25) is 0 Å². The Balaban J connectivity index is 1.82. The van der Waals surface area contributed by atoms with Gasteiger partial charge in [-0.15, -0.1) is 11.3 Å². The first-order valence-electron chi connectivity index (χ1n) is 7.81. The lowest BCUT2D eigenvalue weighted by Gasteiger charge is -2.26. The number of anilines is 1. The molecule has 1 aliphatic heterocycles. The monoisotopic (exact) mass is 315 g/mol. The zero-order chi connectivity index (χ0) is 15.3. The first-order valence-corrected chi connectivity index (χ1v) is 8.63. The molecule has 2 heterocycles. The van der Waals surface area contributed by atoms with Gasteiger partial charge in [0, 0.05) is 17.2 Å². The van der Waals surface area contributed by atoms with Crippen molar-refractivity contribution in [2.75, 3.05) is 5.32 Å². The Morgan fingerprint density at radius 3 is 2.77 bits per heavy atom. The lowest BCUT2D eigenvalue weighted by atomic mass is 9.80. The molecule has 22 heavy (non-hydrogen) atoms. The molecule has 1 aromatic heterocycles. The Bertz CT molecular complexity index is 734. The van der Waals surface area contributed by atoms with Crippen molar-refractivity contribution in [3.63, 3.8) is 0 Å². The van der Waals surface area contributed by atoms with Crippen molar-refractivity contribution in [2.24, 2.45) is 5.92 Å². The minimum Gasteiger partial charge on any atom is -0.317 e. The first-order chi connectivity index (χ1) is 10.6. The Hall–Kier alpha value is -1.68. The van der Waals surface area contributed by atoms with E-state index in [2.05, 4.69) is 12.2 Å². The SMILES string of the molecule is C[C@@H]1CCc2c(sc3c2[C@@H](c2ccc(F)cc2)CC(=O)N3)C1. The Morgan fingerprint density at radius 1 is 1.23 bits per heavy atom. The largest absolute Gasteiger partial charge is 0.317 e. The van der Waals surface area contributed by atoms with Gasteiger partial charge in [0.1, 0.15) is 5.82 Å². The second kappa shape index (κ2) is 5.20. The number of halogens is 1. The van der Waals surface area contributed by atoms with Crippen LogP contribution in [-0.2, 0) is 17.6 Å². The lowest BCUT2D eigenvalue weighted by Crippen LogP contribution is -2.23. The fourth-order valence-electron chi connectivity index (χ4n) is 3.68. The molecule has 114 valence electrons. The maximum atomic E-state index is 13.2. The van der Waals surface area contributed by atoms with Crippen molar-refractivity contribution < 1.29 is 9.18 Å². The van der Waals surface area contributed by atoms with Crippen LogP contribution in [0.15, 0.2) is 24.3 Å². The molecule has 4 heteroatoms. The van der Waals surface area contributed by atoms with E-state index in [1.165, 1.54) is 34.6 Å². The highest BCUT2D eigenvalue weighted by molar-refractivity contribution is 7.16. The number of hydrogen-bond acceptors (Lipinski definition) is 2. The van der Waals surface area contributed by atoms with Crippen LogP contribution in [0.4, 0.5) is 9.39 Å². The Morgan fingerprint density at radius 2 is 2.00 bits per heavy atom. The van der Waals surface area contributed by atoms with E-state index in [-0.39, 0.29) is 17.6 Å². The van der Waals surface area contributed by atoms with Gasteiger partial charge in [0.2, 0.25) is 5.91 Å². The van der Waals surface area contributed by atoms with Crippen molar-refractivity contribution in [1.29, 1.82) is 0 Å². The van der Waals surface area contributed by atoms with Crippen LogP contribution < -0.4 is 5.32 Å². The summed E-state index contributed by atoms with van der Waals surface area (Å²) in [5.41, 5.74) is 3.77. The quantitative estimate of drug-likeness (QED) is 0.825. The zero-order valence-corrected chi connectivity index (χ0v) is 13.3. The molecule has 1 aliphatic carbocycles. The van der Waals surface area contributed by atoms with Gasteiger partial charge in [-0.25, -0.2) is 4.39 Å². The van der Waals surface area contributed by atoms with Gasteiger partial charge in [0.05, 0.1) is 5.00 Å². The molecular formula is C18H18FNOS. The van der Waals surface area contributed by atoms with Crippen LogP contribution in [-0.4, -0.2) is 5.91 Å². The van der Waals surface area contributed by atoms with Gasteiger partial charge in [0.25, 0.3) is 0 Å². The predicted molar refractivity (Wildman–Crippen MR) is 87.0 cm³/mol. The molecule has 2 aliphatic rings. The van der Waals surface area contributed by atoms with Gasteiger partial charge < -0.3 is 5.32 Å². The second-order valence-corrected chi connectivity index (χ2v) is 7.56. The second-order valence-electron chi connectivity index (χ2n) is 6.45. The fourth-order valence-corrected chi connectivity index (χ4v) is 5.17. The summed E-state index contributed by atoms with van der Waals surface area (Å²) >= 11 is 1.74. The van der Waals surface area contributed by atoms with Crippen LogP contribution in [0.25, 0.3) is 0 Å².